The van der Waals surface area contributed by atoms with E-state index in [-0.39, 0.29) is 0 Å². The van der Waals surface area contributed by atoms with Crippen molar-refractivity contribution in [3.8, 4) is 5.69 Å². The van der Waals surface area contributed by atoms with Gasteiger partial charge in [0, 0.05) is 5.69 Å². The average Bonchev–Trinajstić information content (AvgIpc) is 2.49. The van der Waals surface area contributed by atoms with Crippen molar-refractivity contribution < 1.29 is 0 Å². The van der Waals surface area contributed by atoms with Crippen LogP contribution in [0.1, 0.15) is 11.4 Å². The Morgan fingerprint density at radius 2 is 1.93 bits per heavy atom. The summed E-state index contributed by atoms with van der Waals surface area (Å²) in [6, 6.07) is 7.78. The first-order valence-electron chi connectivity index (χ1n) is 4.55. The SMILES string of the molecule is Cc1ncn(-c2ccccc2N)c1C. The van der Waals surface area contributed by atoms with Gasteiger partial charge in [-0.05, 0) is 26.0 Å². The fourth-order valence-corrected chi connectivity index (χ4v) is 1.45. The van der Waals surface area contributed by atoms with Gasteiger partial charge >= 0.3 is 0 Å². The van der Waals surface area contributed by atoms with Gasteiger partial charge in [0.1, 0.15) is 0 Å². The lowest BCUT2D eigenvalue weighted by atomic mass is 10.2. The van der Waals surface area contributed by atoms with Crippen LogP contribution in [0.4, 0.5) is 5.69 Å². The van der Waals surface area contributed by atoms with Crippen LogP contribution in [0.3, 0.4) is 0 Å². The second kappa shape index (κ2) is 3.18. The van der Waals surface area contributed by atoms with Gasteiger partial charge in [-0.25, -0.2) is 4.98 Å². The Morgan fingerprint density at radius 1 is 1.21 bits per heavy atom. The molecule has 0 atom stereocenters. The zero-order valence-corrected chi connectivity index (χ0v) is 8.36. The van der Waals surface area contributed by atoms with Crippen molar-refractivity contribution >= 4 is 5.69 Å². The summed E-state index contributed by atoms with van der Waals surface area (Å²) in [6.07, 6.45) is 1.80. The summed E-state index contributed by atoms with van der Waals surface area (Å²) in [6.45, 7) is 4.03. The number of imidazole rings is 1. The first kappa shape index (κ1) is 8.81. The number of hydrogen-bond acceptors (Lipinski definition) is 2. The van der Waals surface area contributed by atoms with Crippen molar-refractivity contribution in [2.24, 2.45) is 0 Å². The lowest BCUT2D eigenvalue weighted by molar-refractivity contribution is 1.00. The second-order valence-corrected chi connectivity index (χ2v) is 3.34. The van der Waals surface area contributed by atoms with Crippen molar-refractivity contribution in [2.45, 2.75) is 13.8 Å². The highest BCUT2D eigenvalue weighted by Crippen LogP contribution is 2.19. The Bertz CT molecular complexity index is 457. The van der Waals surface area contributed by atoms with Crippen molar-refractivity contribution in [1.82, 2.24) is 9.55 Å². The fraction of sp³-hybridized carbons (Fsp3) is 0.182. The fourth-order valence-electron chi connectivity index (χ4n) is 1.45. The standard InChI is InChI=1S/C11H13N3/c1-8-9(2)14(7-13-8)11-6-4-3-5-10(11)12/h3-7H,12H2,1-2H3. The quantitative estimate of drug-likeness (QED) is 0.694. The molecule has 1 aromatic carbocycles. The van der Waals surface area contributed by atoms with Crippen molar-refractivity contribution in [1.29, 1.82) is 0 Å². The molecule has 0 amide bonds. The van der Waals surface area contributed by atoms with E-state index < -0.39 is 0 Å². The summed E-state index contributed by atoms with van der Waals surface area (Å²) in [7, 11) is 0. The molecule has 0 spiro atoms. The molecular formula is C11H13N3. The zero-order chi connectivity index (χ0) is 10.1. The Kier molecular flexibility index (Phi) is 2.00. The molecule has 0 saturated carbocycles. The Morgan fingerprint density at radius 3 is 2.50 bits per heavy atom. The number of nitrogen functional groups attached to an aromatic ring is 1. The number of hydrogen-bond donors (Lipinski definition) is 1. The Hall–Kier alpha value is -1.77. The summed E-state index contributed by atoms with van der Waals surface area (Å²) in [5, 5.41) is 0. The minimum absolute atomic E-state index is 0.771. The molecule has 2 rings (SSSR count). The molecule has 0 fully saturated rings. The van der Waals surface area contributed by atoms with Gasteiger partial charge < -0.3 is 10.3 Å². The third kappa shape index (κ3) is 1.27. The number of nitrogens with two attached hydrogens (primary N) is 1. The van der Waals surface area contributed by atoms with Crippen molar-refractivity contribution in [3.63, 3.8) is 0 Å². The van der Waals surface area contributed by atoms with Gasteiger partial charge in [-0.2, -0.15) is 0 Å². The topological polar surface area (TPSA) is 43.8 Å². The van der Waals surface area contributed by atoms with Gasteiger partial charge in [-0.1, -0.05) is 12.1 Å². The number of aromatic nitrogens is 2. The first-order valence-corrected chi connectivity index (χ1v) is 4.55. The van der Waals surface area contributed by atoms with Crippen LogP contribution >= 0.6 is 0 Å². The van der Waals surface area contributed by atoms with E-state index in [1.54, 1.807) is 6.33 Å². The lowest BCUT2D eigenvalue weighted by Gasteiger charge is -2.07. The van der Waals surface area contributed by atoms with Gasteiger partial charge in [0.2, 0.25) is 0 Å². The largest absolute Gasteiger partial charge is 0.397 e. The van der Waals surface area contributed by atoms with Crippen LogP contribution in [0, 0.1) is 13.8 Å². The van der Waals surface area contributed by atoms with Crippen molar-refractivity contribution in [3.05, 3.63) is 42.0 Å². The van der Waals surface area contributed by atoms with E-state index in [1.807, 2.05) is 42.7 Å². The van der Waals surface area contributed by atoms with Crippen LogP contribution in [0.15, 0.2) is 30.6 Å². The molecule has 0 aliphatic rings. The number of nitrogens with zero attached hydrogens (tertiary/aromatic N) is 2. The van der Waals surface area contributed by atoms with Crippen LogP contribution < -0.4 is 5.73 Å². The molecule has 14 heavy (non-hydrogen) atoms. The number of rotatable bonds is 1. The Balaban J connectivity index is 2.60. The molecule has 1 heterocycles. The molecule has 0 aliphatic carbocycles. The third-order valence-electron chi connectivity index (χ3n) is 2.45. The summed E-state index contributed by atoms with van der Waals surface area (Å²) in [5.74, 6) is 0. The summed E-state index contributed by atoms with van der Waals surface area (Å²) < 4.78 is 2.00. The number of anilines is 1. The maximum absolute atomic E-state index is 5.88. The second-order valence-electron chi connectivity index (χ2n) is 3.34. The average molecular weight is 187 g/mol. The van der Waals surface area contributed by atoms with Crippen LogP contribution in [0.25, 0.3) is 5.69 Å². The van der Waals surface area contributed by atoms with Crippen LogP contribution in [-0.4, -0.2) is 9.55 Å². The summed E-state index contributed by atoms with van der Waals surface area (Å²) >= 11 is 0. The molecule has 2 N–H and O–H groups in total. The van der Waals surface area contributed by atoms with Crippen LogP contribution in [-0.2, 0) is 0 Å². The molecule has 0 radical (unpaired) electrons. The van der Waals surface area contributed by atoms with Gasteiger partial charge in [0.25, 0.3) is 0 Å². The maximum Gasteiger partial charge on any atom is 0.0998 e. The van der Waals surface area contributed by atoms with E-state index >= 15 is 0 Å². The molecule has 0 saturated heterocycles. The number of benzene rings is 1. The molecule has 0 unspecified atom stereocenters. The molecule has 2 aromatic rings. The third-order valence-corrected chi connectivity index (χ3v) is 2.45. The summed E-state index contributed by atoms with van der Waals surface area (Å²) in [5.41, 5.74) is 9.81. The monoisotopic (exact) mass is 187 g/mol. The van der Waals surface area contributed by atoms with Crippen LogP contribution in [0.2, 0.25) is 0 Å². The maximum atomic E-state index is 5.88. The molecule has 3 nitrogen and oxygen atoms in total. The molecule has 0 aliphatic heterocycles. The van der Waals surface area contributed by atoms with Crippen LogP contribution in [0.5, 0.6) is 0 Å². The minimum Gasteiger partial charge on any atom is -0.397 e. The highest BCUT2D eigenvalue weighted by Gasteiger charge is 2.05. The highest BCUT2D eigenvalue weighted by molar-refractivity contribution is 5.58. The first-order chi connectivity index (χ1) is 6.70. The molecular weight excluding hydrogens is 174 g/mol. The van der Waals surface area contributed by atoms with Gasteiger partial charge in [0.15, 0.2) is 0 Å². The van der Waals surface area contributed by atoms with E-state index in [4.69, 9.17) is 5.73 Å². The van der Waals surface area contributed by atoms with Gasteiger partial charge in [-0.15, -0.1) is 0 Å². The van der Waals surface area contributed by atoms with E-state index in [2.05, 4.69) is 4.98 Å². The predicted molar refractivity (Wildman–Crippen MR) is 57.5 cm³/mol. The van der Waals surface area contributed by atoms with Gasteiger partial charge in [-0.3, -0.25) is 0 Å². The summed E-state index contributed by atoms with van der Waals surface area (Å²) in [4.78, 5) is 4.24. The van der Waals surface area contributed by atoms with Gasteiger partial charge in [0.05, 0.1) is 23.4 Å². The number of para-hydroxylation sites is 2. The van der Waals surface area contributed by atoms with E-state index in [9.17, 15) is 0 Å². The van der Waals surface area contributed by atoms with Crippen molar-refractivity contribution in [2.75, 3.05) is 5.73 Å². The van der Waals surface area contributed by atoms with E-state index in [0.29, 0.717) is 0 Å². The smallest absolute Gasteiger partial charge is 0.0998 e. The lowest BCUT2D eigenvalue weighted by Crippen LogP contribution is -1.99. The van der Waals surface area contributed by atoms with E-state index in [1.165, 1.54) is 0 Å². The highest BCUT2D eigenvalue weighted by atomic mass is 15.1. The number of aryl methyl sites for hydroxylation is 1. The molecule has 1 aromatic heterocycles. The van der Waals surface area contributed by atoms with E-state index in [0.717, 1.165) is 22.8 Å². The molecule has 0 bridgehead atoms. The normalized spacial score (nSPS) is 10.4. The molecule has 3 heteroatoms. The zero-order valence-electron chi connectivity index (χ0n) is 8.36. The molecule has 72 valence electrons. The predicted octanol–water partition coefficient (Wildman–Crippen LogP) is 2.07. The minimum atomic E-state index is 0.771. The Labute approximate surface area is 83.2 Å².